The van der Waals surface area contributed by atoms with E-state index in [-0.39, 0.29) is 18.7 Å². The molecule has 3 rings (SSSR count). The average molecular weight is 426 g/mol. The van der Waals surface area contributed by atoms with E-state index in [0.717, 1.165) is 11.1 Å². The Morgan fingerprint density at radius 3 is 2.41 bits per heavy atom. The van der Waals surface area contributed by atoms with E-state index in [0.29, 0.717) is 15.3 Å². The van der Waals surface area contributed by atoms with E-state index in [2.05, 4.69) is 5.10 Å². The Morgan fingerprint density at radius 2 is 1.79 bits per heavy atom. The minimum atomic E-state index is -4.81. The minimum Gasteiger partial charge on any atom is -0.341 e. The van der Waals surface area contributed by atoms with Crippen LogP contribution in [0.25, 0.3) is 5.69 Å². The molecule has 0 aliphatic carbocycles. The van der Waals surface area contributed by atoms with Crippen LogP contribution in [0.3, 0.4) is 0 Å². The monoisotopic (exact) mass is 425 g/mol. The van der Waals surface area contributed by atoms with Crippen molar-refractivity contribution in [3.63, 3.8) is 0 Å². The normalized spacial score (nSPS) is 11.5. The lowest BCUT2D eigenvalue weighted by molar-refractivity contribution is -0.143. The standard InChI is InChI=1S/C20H16ClF4N3O/c1-27(11-10-13-4-2-3-5-17(13)22)19(29)16-12-26-28(18(16)20(23,24)25)15-8-6-14(21)7-9-15/h2-9,12H,10-11H2,1H3. The van der Waals surface area contributed by atoms with Gasteiger partial charge in [0.15, 0.2) is 5.69 Å². The molecule has 0 atom stereocenters. The third-order valence-corrected chi connectivity index (χ3v) is 4.61. The molecule has 152 valence electrons. The highest BCUT2D eigenvalue weighted by atomic mass is 35.5. The summed E-state index contributed by atoms with van der Waals surface area (Å²) in [4.78, 5) is 13.8. The number of likely N-dealkylation sites (N-methyl/N-ethyl adjacent to an activating group) is 1. The summed E-state index contributed by atoms with van der Waals surface area (Å²) in [7, 11) is 1.36. The number of hydrogen-bond acceptors (Lipinski definition) is 2. The fourth-order valence-corrected chi connectivity index (χ4v) is 2.98. The van der Waals surface area contributed by atoms with Crippen LogP contribution in [0.4, 0.5) is 17.6 Å². The highest BCUT2D eigenvalue weighted by Crippen LogP contribution is 2.34. The fraction of sp³-hybridized carbons (Fsp3) is 0.200. The van der Waals surface area contributed by atoms with Crippen LogP contribution >= 0.6 is 11.6 Å². The number of rotatable bonds is 5. The summed E-state index contributed by atoms with van der Waals surface area (Å²) in [6.07, 6.45) is -3.76. The summed E-state index contributed by atoms with van der Waals surface area (Å²) in [6.45, 7) is 0.0448. The smallest absolute Gasteiger partial charge is 0.341 e. The molecule has 0 fully saturated rings. The maximum atomic E-state index is 13.7. The second-order valence-electron chi connectivity index (χ2n) is 6.36. The molecular weight excluding hydrogens is 410 g/mol. The molecule has 0 aliphatic rings. The summed E-state index contributed by atoms with van der Waals surface area (Å²) in [5, 5.41) is 4.12. The second-order valence-corrected chi connectivity index (χ2v) is 6.80. The fourth-order valence-electron chi connectivity index (χ4n) is 2.85. The number of aromatic nitrogens is 2. The van der Waals surface area contributed by atoms with Crippen LogP contribution in [0, 0.1) is 5.82 Å². The number of carbonyl (C=O) groups is 1. The maximum absolute atomic E-state index is 13.7. The highest BCUT2D eigenvalue weighted by molar-refractivity contribution is 6.30. The van der Waals surface area contributed by atoms with Gasteiger partial charge in [-0.2, -0.15) is 18.3 Å². The Bertz CT molecular complexity index is 1020. The molecule has 0 bridgehead atoms. The van der Waals surface area contributed by atoms with Crippen LogP contribution < -0.4 is 0 Å². The summed E-state index contributed by atoms with van der Waals surface area (Å²) in [5.74, 6) is -1.28. The van der Waals surface area contributed by atoms with Gasteiger partial charge in [-0.25, -0.2) is 9.07 Å². The Labute approximate surface area is 169 Å². The van der Waals surface area contributed by atoms with Crippen LogP contribution in [-0.2, 0) is 12.6 Å². The molecule has 0 radical (unpaired) electrons. The number of nitrogens with zero attached hydrogens (tertiary/aromatic N) is 3. The molecule has 0 N–H and O–H groups in total. The van der Waals surface area contributed by atoms with Crippen molar-refractivity contribution in [1.82, 2.24) is 14.7 Å². The molecule has 3 aromatic rings. The second kappa shape index (κ2) is 8.24. The molecule has 0 aliphatic heterocycles. The Kier molecular flexibility index (Phi) is 5.93. The third-order valence-electron chi connectivity index (χ3n) is 4.36. The molecule has 1 aromatic heterocycles. The molecule has 29 heavy (non-hydrogen) atoms. The number of alkyl halides is 3. The molecule has 2 aromatic carbocycles. The van der Waals surface area contributed by atoms with Crippen LogP contribution in [0.1, 0.15) is 21.6 Å². The van der Waals surface area contributed by atoms with Gasteiger partial charge >= 0.3 is 6.18 Å². The molecule has 1 amide bonds. The zero-order valence-electron chi connectivity index (χ0n) is 15.3. The Balaban J connectivity index is 1.88. The van der Waals surface area contributed by atoms with Gasteiger partial charge in [-0.3, -0.25) is 4.79 Å². The van der Waals surface area contributed by atoms with Gasteiger partial charge in [0.25, 0.3) is 5.91 Å². The van der Waals surface area contributed by atoms with Crippen molar-refractivity contribution >= 4 is 17.5 Å². The van der Waals surface area contributed by atoms with Crippen LogP contribution in [0.15, 0.2) is 54.7 Å². The van der Waals surface area contributed by atoms with Gasteiger partial charge in [0.05, 0.1) is 17.4 Å². The van der Waals surface area contributed by atoms with E-state index in [4.69, 9.17) is 11.6 Å². The van der Waals surface area contributed by atoms with Gasteiger partial charge in [0, 0.05) is 18.6 Å². The molecular formula is C20H16ClF4N3O. The molecule has 4 nitrogen and oxygen atoms in total. The van der Waals surface area contributed by atoms with Gasteiger partial charge in [-0.15, -0.1) is 0 Å². The summed E-state index contributed by atoms with van der Waals surface area (Å²) in [6, 6.07) is 11.7. The predicted molar refractivity (Wildman–Crippen MR) is 101 cm³/mol. The predicted octanol–water partition coefficient (Wildman–Crippen LogP) is 5.00. The number of amides is 1. The zero-order valence-corrected chi connectivity index (χ0v) is 16.0. The maximum Gasteiger partial charge on any atom is 0.434 e. The van der Waals surface area contributed by atoms with E-state index in [1.807, 2.05) is 0 Å². The number of carbonyl (C=O) groups excluding carboxylic acids is 1. The lowest BCUT2D eigenvalue weighted by Gasteiger charge is -2.19. The van der Waals surface area contributed by atoms with Gasteiger partial charge in [-0.1, -0.05) is 29.8 Å². The SMILES string of the molecule is CN(CCc1ccccc1F)C(=O)c1cnn(-c2ccc(Cl)cc2)c1C(F)(F)F. The van der Waals surface area contributed by atoms with Crippen molar-refractivity contribution < 1.29 is 22.4 Å². The summed E-state index contributed by atoms with van der Waals surface area (Å²) >= 11 is 5.78. The highest BCUT2D eigenvalue weighted by Gasteiger charge is 2.41. The van der Waals surface area contributed by atoms with Crippen molar-refractivity contribution in [3.05, 3.63) is 82.4 Å². The first kappa shape index (κ1) is 20.9. The molecule has 0 unspecified atom stereocenters. The van der Waals surface area contributed by atoms with Crippen LogP contribution in [-0.4, -0.2) is 34.2 Å². The van der Waals surface area contributed by atoms with Crippen molar-refractivity contribution in [3.8, 4) is 5.69 Å². The van der Waals surface area contributed by atoms with Gasteiger partial charge in [0.2, 0.25) is 0 Å². The number of hydrogen-bond donors (Lipinski definition) is 0. The van der Waals surface area contributed by atoms with E-state index >= 15 is 0 Å². The van der Waals surface area contributed by atoms with Crippen molar-refractivity contribution in [2.75, 3.05) is 13.6 Å². The van der Waals surface area contributed by atoms with E-state index in [1.165, 1.54) is 43.4 Å². The van der Waals surface area contributed by atoms with E-state index in [1.54, 1.807) is 12.1 Å². The van der Waals surface area contributed by atoms with Crippen molar-refractivity contribution in [1.29, 1.82) is 0 Å². The van der Waals surface area contributed by atoms with Crippen molar-refractivity contribution in [2.45, 2.75) is 12.6 Å². The van der Waals surface area contributed by atoms with E-state index in [9.17, 15) is 22.4 Å². The molecule has 0 saturated carbocycles. The number of halogens is 5. The quantitative estimate of drug-likeness (QED) is 0.540. The van der Waals surface area contributed by atoms with E-state index < -0.39 is 29.2 Å². The first-order valence-electron chi connectivity index (χ1n) is 8.58. The topological polar surface area (TPSA) is 38.1 Å². The average Bonchev–Trinajstić information content (AvgIpc) is 3.12. The van der Waals surface area contributed by atoms with Gasteiger partial charge < -0.3 is 4.90 Å². The van der Waals surface area contributed by atoms with Crippen LogP contribution in [0.5, 0.6) is 0 Å². The molecule has 9 heteroatoms. The van der Waals surface area contributed by atoms with Gasteiger partial charge in [0.1, 0.15) is 5.82 Å². The largest absolute Gasteiger partial charge is 0.434 e. The lowest BCUT2D eigenvalue weighted by Crippen LogP contribution is -2.31. The molecule has 0 saturated heterocycles. The van der Waals surface area contributed by atoms with Crippen LogP contribution in [0.2, 0.25) is 5.02 Å². The van der Waals surface area contributed by atoms with Gasteiger partial charge in [-0.05, 0) is 42.3 Å². The Hall–Kier alpha value is -2.87. The first-order valence-corrected chi connectivity index (χ1v) is 8.96. The molecule has 0 spiro atoms. The lowest BCUT2D eigenvalue weighted by atomic mass is 10.1. The zero-order chi connectivity index (χ0) is 21.2. The third kappa shape index (κ3) is 4.59. The Morgan fingerprint density at radius 1 is 1.14 bits per heavy atom. The summed E-state index contributed by atoms with van der Waals surface area (Å²) in [5.41, 5.74) is -1.26. The molecule has 1 heterocycles. The summed E-state index contributed by atoms with van der Waals surface area (Å²) < 4.78 is 55.6. The first-order chi connectivity index (χ1) is 13.7. The van der Waals surface area contributed by atoms with Crippen molar-refractivity contribution in [2.24, 2.45) is 0 Å². The number of benzene rings is 2. The minimum absolute atomic E-state index is 0.0448.